The molecule has 0 aliphatic carbocycles. The average molecular weight is 239 g/mol. The van der Waals surface area contributed by atoms with Gasteiger partial charge < -0.3 is 10.0 Å². The highest BCUT2D eigenvalue weighted by Gasteiger charge is 2.16. The van der Waals surface area contributed by atoms with Gasteiger partial charge in [0.15, 0.2) is 0 Å². The highest BCUT2D eigenvalue weighted by molar-refractivity contribution is 5.67. The number of hydrogen-bond donors (Lipinski definition) is 1. The molecule has 0 bridgehead atoms. The number of carboxylic acids is 1. The van der Waals surface area contributed by atoms with Crippen LogP contribution in [0.1, 0.15) is 6.42 Å². The van der Waals surface area contributed by atoms with E-state index in [1.165, 1.54) is 11.0 Å². The number of halogens is 2. The van der Waals surface area contributed by atoms with Crippen molar-refractivity contribution in [3.63, 3.8) is 0 Å². The van der Waals surface area contributed by atoms with E-state index in [9.17, 15) is 13.6 Å². The molecular formula is C12H11F2NO2. The molecule has 5 heteroatoms. The van der Waals surface area contributed by atoms with Crippen molar-refractivity contribution in [3.8, 4) is 12.3 Å². The van der Waals surface area contributed by atoms with Crippen molar-refractivity contribution in [2.75, 3.05) is 18.0 Å². The molecule has 0 fully saturated rings. The van der Waals surface area contributed by atoms with Gasteiger partial charge in [-0.15, -0.1) is 6.42 Å². The molecule has 17 heavy (non-hydrogen) atoms. The molecule has 0 saturated heterocycles. The van der Waals surface area contributed by atoms with Gasteiger partial charge in [-0.3, -0.25) is 4.79 Å². The average Bonchev–Trinajstić information content (AvgIpc) is 2.25. The Morgan fingerprint density at radius 1 is 1.41 bits per heavy atom. The van der Waals surface area contributed by atoms with Crippen LogP contribution in [0, 0.1) is 24.0 Å². The summed E-state index contributed by atoms with van der Waals surface area (Å²) in [7, 11) is 0. The molecule has 0 radical (unpaired) electrons. The predicted octanol–water partition coefficient (Wildman–Crippen LogP) is 1.88. The molecule has 0 heterocycles. The van der Waals surface area contributed by atoms with Gasteiger partial charge in [-0.05, 0) is 12.1 Å². The van der Waals surface area contributed by atoms with E-state index >= 15 is 0 Å². The maximum Gasteiger partial charge on any atom is 0.305 e. The fourth-order valence-corrected chi connectivity index (χ4v) is 1.40. The number of carboxylic acid groups (broad SMARTS) is 1. The molecule has 0 amide bonds. The number of para-hydroxylation sites is 1. The minimum absolute atomic E-state index is 0.0443. The quantitative estimate of drug-likeness (QED) is 0.797. The lowest BCUT2D eigenvalue weighted by atomic mass is 10.2. The van der Waals surface area contributed by atoms with Gasteiger partial charge in [-0.25, -0.2) is 8.78 Å². The van der Waals surface area contributed by atoms with Crippen molar-refractivity contribution in [3.05, 3.63) is 29.8 Å². The Kier molecular flexibility index (Phi) is 4.46. The number of benzene rings is 1. The van der Waals surface area contributed by atoms with Crippen molar-refractivity contribution in [2.24, 2.45) is 0 Å². The van der Waals surface area contributed by atoms with Gasteiger partial charge in [-0.2, -0.15) is 0 Å². The molecule has 0 aliphatic heterocycles. The molecule has 0 unspecified atom stereocenters. The SMILES string of the molecule is C#CCN(CCC(=O)O)c1c(F)cccc1F. The molecule has 1 aromatic carbocycles. The van der Waals surface area contributed by atoms with Crippen LogP contribution in [0.25, 0.3) is 0 Å². The zero-order valence-electron chi connectivity index (χ0n) is 8.99. The second kappa shape index (κ2) is 5.85. The maximum absolute atomic E-state index is 13.5. The van der Waals surface area contributed by atoms with Gasteiger partial charge in [0.25, 0.3) is 0 Å². The molecule has 0 saturated carbocycles. The summed E-state index contributed by atoms with van der Waals surface area (Å²) in [6.07, 6.45) is 4.85. The third kappa shape index (κ3) is 3.45. The Balaban J connectivity index is 2.97. The van der Waals surface area contributed by atoms with Crippen molar-refractivity contribution >= 4 is 11.7 Å². The minimum Gasteiger partial charge on any atom is -0.481 e. The minimum atomic E-state index is -1.05. The van der Waals surface area contributed by atoms with E-state index in [1.54, 1.807) is 0 Å². The third-order valence-corrected chi connectivity index (χ3v) is 2.13. The lowest BCUT2D eigenvalue weighted by Gasteiger charge is -2.22. The summed E-state index contributed by atoms with van der Waals surface area (Å²) < 4.78 is 26.9. The number of hydrogen-bond acceptors (Lipinski definition) is 2. The normalized spacial score (nSPS) is 9.71. The lowest BCUT2D eigenvalue weighted by molar-refractivity contribution is -0.136. The molecule has 1 rings (SSSR count). The highest BCUT2D eigenvalue weighted by Crippen LogP contribution is 2.22. The molecule has 1 N–H and O–H groups in total. The van der Waals surface area contributed by atoms with Crippen LogP contribution in [0.15, 0.2) is 18.2 Å². The Morgan fingerprint density at radius 3 is 2.47 bits per heavy atom. The molecule has 3 nitrogen and oxygen atoms in total. The fourth-order valence-electron chi connectivity index (χ4n) is 1.40. The first-order valence-corrected chi connectivity index (χ1v) is 4.90. The van der Waals surface area contributed by atoms with Crippen LogP contribution >= 0.6 is 0 Å². The zero-order valence-corrected chi connectivity index (χ0v) is 8.99. The summed E-state index contributed by atoms with van der Waals surface area (Å²) in [5.74, 6) is -0.325. The summed E-state index contributed by atoms with van der Waals surface area (Å²) >= 11 is 0. The van der Waals surface area contributed by atoms with Gasteiger partial charge >= 0.3 is 5.97 Å². The Hall–Kier alpha value is -2.09. The van der Waals surface area contributed by atoms with Crippen LogP contribution < -0.4 is 4.90 Å². The van der Waals surface area contributed by atoms with Crippen LogP contribution in [-0.4, -0.2) is 24.2 Å². The largest absolute Gasteiger partial charge is 0.481 e. The van der Waals surface area contributed by atoms with Gasteiger partial charge in [0.05, 0.1) is 13.0 Å². The third-order valence-electron chi connectivity index (χ3n) is 2.13. The molecular weight excluding hydrogens is 228 g/mol. The lowest BCUT2D eigenvalue weighted by Crippen LogP contribution is -2.28. The zero-order chi connectivity index (χ0) is 12.8. The number of rotatable bonds is 5. The smallest absolute Gasteiger partial charge is 0.305 e. The van der Waals surface area contributed by atoms with Gasteiger partial charge in [0.1, 0.15) is 17.3 Å². The Bertz CT molecular complexity index is 434. The van der Waals surface area contributed by atoms with Gasteiger partial charge in [0.2, 0.25) is 0 Å². The molecule has 0 atom stereocenters. The van der Waals surface area contributed by atoms with Crippen LogP contribution in [0.5, 0.6) is 0 Å². The standard InChI is InChI=1S/C12H11F2NO2/c1-2-7-15(8-6-11(16)17)12-9(13)4-3-5-10(12)14/h1,3-5H,6-8H2,(H,16,17). The number of carbonyl (C=O) groups is 1. The van der Waals surface area contributed by atoms with E-state index in [2.05, 4.69) is 5.92 Å². The van der Waals surface area contributed by atoms with Gasteiger partial charge in [-0.1, -0.05) is 12.0 Å². The van der Waals surface area contributed by atoms with E-state index < -0.39 is 17.6 Å². The fraction of sp³-hybridized carbons (Fsp3) is 0.250. The number of nitrogens with zero attached hydrogens (tertiary/aromatic N) is 1. The first kappa shape index (κ1) is 13.0. The number of aliphatic carboxylic acids is 1. The molecule has 90 valence electrons. The molecule has 1 aromatic rings. The van der Waals surface area contributed by atoms with E-state index in [4.69, 9.17) is 11.5 Å². The predicted molar refractivity (Wildman–Crippen MR) is 59.7 cm³/mol. The summed E-state index contributed by atoms with van der Waals surface area (Å²) in [5, 5.41) is 8.55. The van der Waals surface area contributed by atoms with Crippen LogP contribution in [-0.2, 0) is 4.79 Å². The maximum atomic E-state index is 13.5. The Labute approximate surface area is 97.7 Å². The van der Waals surface area contributed by atoms with Crippen LogP contribution in [0.3, 0.4) is 0 Å². The van der Waals surface area contributed by atoms with Crippen molar-refractivity contribution in [1.29, 1.82) is 0 Å². The summed E-state index contributed by atoms with van der Waals surface area (Å²) in [6, 6.07) is 3.44. The van der Waals surface area contributed by atoms with E-state index in [1.807, 2.05) is 0 Å². The monoisotopic (exact) mass is 239 g/mol. The second-order valence-electron chi connectivity index (χ2n) is 3.34. The molecule has 0 aromatic heterocycles. The van der Waals surface area contributed by atoms with Crippen LogP contribution in [0.2, 0.25) is 0 Å². The molecule has 0 aliphatic rings. The number of terminal acetylenes is 1. The first-order valence-electron chi connectivity index (χ1n) is 4.90. The Morgan fingerprint density at radius 2 is 2.00 bits per heavy atom. The van der Waals surface area contributed by atoms with Crippen molar-refractivity contribution in [1.82, 2.24) is 0 Å². The second-order valence-corrected chi connectivity index (χ2v) is 3.34. The van der Waals surface area contributed by atoms with Crippen molar-refractivity contribution < 1.29 is 18.7 Å². The van der Waals surface area contributed by atoms with E-state index in [0.717, 1.165) is 12.1 Å². The summed E-state index contributed by atoms with van der Waals surface area (Å²) in [6.45, 7) is -0.0947. The summed E-state index contributed by atoms with van der Waals surface area (Å²) in [5.41, 5.74) is -0.285. The van der Waals surface area contributed by atoms with Crippen LogP contribution in [0.4, 0.5) is 14.5 Å². The van der Waals surface area contributed by atoms with Crippen molar-refractivity contribution in [2.45, 2.75) is 6.42 Å². The topological polar surface area (TPSA) is 40.5 Å². The van der Waals surface area contributed by atoms with E-state index in [-0.39, 0.29) is 25.2 Å². The van der Waals surface area contributed by atoms with E-state index in [0.29, 0.717) is 0 Å². The highest BCUT2D eigenvalue weighted by atomic mass is 19.1. The number of anilines is 1. The molecule has 0 spiro atoms. The first-order chi connectivity index (χ1) is 8.06. The van der Waals surface area contributed by atoms with Gasteiger partial charge in [0, 0.05) is 6.54 Å². The summed E-state index contributed by atoms with van der Waals surface area (Å²) in [4.78, 5) is 11.6.